The second-order valence-electron chi connectivity index (χ2n) is 7.94. The molecule has 2 heterocycles. The highest BCUT2D eigenvalue weighted by Crippen LogP contribution is 2.36. The number of thiophene rings is 1. The van der Waals surface area contributed by atoms with E-state index in [1.165, 1.54) is 22.2 Å². The molecule has 0 fully saturated rings. The van der Waals surface area contributed by atoms with Crippen LogP contribution >= 0.6 is 23.1 Å². The number of nitrogens with zero attached hydrogens (tertiary/aromatic N) is 2. The van der Waals surface area contributed by atoms with Crippen molar-refractivity contribution < 1.29 is 4.79 Å². The molecule has 0 saturated carbocycles. The molecule has 1 N–H and O–H groups in total. The molecule has 2 aromatic heterocycles. The van der Waals surface area contributed by atoms with Crippen LogP contribution in [0, 0.1) is 0 Å². The second-order valence-corrected chi connectivity index (χ2v) is 10.3. The number of aryl methyl sites for hydroxylation is 2. The van der Waals surface area contributed by atoms with E-state index in [-0.39, 0.29) is 16.7 Å². The van der Waals surface area contributed by atoms with Gasteiger partial charge in [-0.3, -0.25) is 14.2 Å². The fourth-order valence-electron chi connectivity index (χ4n) is 3.92. The predicted molar refractivity (Wildman–Crippen MR) is 126 cm³/mol. The molecule has 3 aromatic rings. The zero-order chi connectivity index (χ0) is 21.4. The summed E-state index contributed by atoms with van der Waals surface area (Å²) in [5, 5.41) is 4.06. The lowest BCUT2D eigenvalue weighted by molar-refractivity contribution is -0.115. The van der Waals surface area contributed by atoms with Gasteiger partial charge in [0.1, 0.15) is 4.83 Å². The Labute approximate surface area is 184 Å². The molecule has 0 aliphatic heterocycles. The van der Waals surface area contributed by atoms with E-state index in [0.717, 1.165) is 47.2 Å². The number of para-hydroxylation sites is 1. The van der Waals surface area contributed by atoms with Crippen LogP contribution < -0.4 is 10.9 Å². The van der Waals surface area contributed by atoms with Crippen molar-refractivity contribution in [1.82, 2.24) is 9.55 Å². The fourth-order valence-corrected chi connectivity index (χ4v) is 6.09. The number of benzene rings is 1. The van der Waals surface area contributed by atoms with Crippen LogP contribution in [0.5, 0.6) is 0 Å². The maximum atomic E-state index is 13.0. The molecule has 30 heavy (non-hydrogen) atoms. The Bertz CT molecular complexity index is 1170. The van der Waals surface area contributed by atoms with Crippen molar-refractivity contribution >= 4 is 44.9 Å². The van der Waals surface area contributed by atoms with Gasteiger partial charge in [0, 0.05) is 17.6 Å². The van der Waals surface area contributed by atoms with Crippen LogP contribution in [0.4, 0.5) is 5.69 Å². The molecule has 0 bridgehead atoms. The highest BCUT2D eigenvalue weighted by atomic mass is 32.2. The van der Waals surface area contributed by atoms with E-state index in [2.05, 4.69) is 25.2 Å². The van der Waals surface area contributed by atoms with E-state index in [1.807, 2.05) is 25.1 Å². The van der Waals surface area contributed by atoms with E-state index >= 15 is 0 Å². The lowest BCUT2D eigenvalue weighted by atomic mass is 9.97. The molecule has 2 atom stereocenters. The van der Waals surface area contributed by atoms with Crippen molar-refractivity contribution in [1.29, 1.82) is 0 Å². The third-order valence-corrected chi connectivity index (χ3v) is 8.25. The molecule has 158 valence electrons. The molecule has 0 radical (unpaired) electrons. The molecule has 2 unspecified atom stereocenters. The Hall–Kier alpha value is -2.12. The number of aromatic nitrogens is 2. The molecule has 1 aromatic carbocycles. The summed E-state index contributed by atoms with van der Waals surface area (Å²) in [5.74, 6) is 0.286. The normalized spacial score (nSPS) is 15.2. The van der Waals surface area contributed by atoms with Crippen LogP contribution in [0.15, 0.2) is 34.2 Å². The van der Waals surface area contributed by atoms with Crippen molar-refractivity contribution in [2.45, 2.75) is 62.8 Å². The van der Waals surface area contributed by atoms with Crippen molar-refractivity contribution in [2.75, 3.05) is 5.32 Å². The van der Waals surface area contributed by atoms with Gasteiger partial charge in [0.2, 0.25) is 5.91 Å². The largest absolute Gasteiger partial charge is 0.325 e. The van der Waals surface area contributed by atoms with E-state index < -0.39 is 0 Å². The summed E-state index contributed by atoms with van der Waals surface area (Å²) in [7, 11) is 1.75. The molecule has 0 spiro atoms. The summed E-state index contributed by atoms with van der Waals surface area (Å²) in [6.07, 6.45) is 4.13. The van der Waals surface area contributed by atoms with Gasteiger partial charge in [-0.15, -0.1) is 11.3 Å². The molecular formula is C23H27N3O2S2. The number of carbonyl (C=O) groups is 1. The van der Waals surface area contributed by atoms with Crippen LogP contribution in [0.1, 0.15) is 55.5 Å². The standard InChI is InChI=1S/C23H27N3O2S2/c1-5-13(2)15-9-6-7-11-17(15)24-20(27)14(3)29-23-25-21-19(22(28)26(23)4)16-10-8-12-18(16)30-21/h6-7,9,11,13-14H,5,8,10,12H2,1-4H3,(H,24,27). The smallest absolute Gasteiger partial charge is 0.262 e. The molecule has 5 nitrogen and oxygen atoms in total. The Morgan fingerprint density at radius 1 is 1.30 bits per heavy atom. The van der Waals surface area contributed by atoms with Crippen molar-refractivity contribution in [3.63, 3.8) is 0 Å². The molecule has 0 saturated heterocycles. The number of rotatable bonds is 6. The van der Waals surface area contributed by atoms with Gasteiger partial charge < -0.3 is 5.32 Å². The number of hydrogen-bond acceptors (Lipinski definition) is 5. The first-order chi connectivity index (χ1) is 14.4. The molecular weight excluding hydrogens is 414 g/mol. The van der Waals surface area contributed by atoms with Gasteiger partial charge in [-0.1, -0.05) is 43.8 Å². The first-order valence-corrected chi connectivity index (χ1v) is 12.2. The minimum Gasteiger partial charge on any atom is -0.325 e. The van der Waals surface area contributed by atoms with E-state index in [9.17, 15) is 9.59 Å². The maximum absolute atomic E-state index is 13.0. The average Bonchev–Trinajstić information content (AvgIpc) is 3.32. The van der Waals surface area contributed by atoms with E-state index in [0.29, 0.717) is 11.1 Å². The van der Waals surface area contributed by atoms with Crippen molar-refractivity contribution in [3.05, 3.63) is 50.6 Å². The maximum Gasteiger partial charge on any atom is 0.262 e. The third kappa shape index (κ3) is 3.81. The fraction of sp³-hybridized carbons (Fsp3) is 0.435. The van der Waals surface area contributed by atoms with Gasteiger partial charge >= 0.3 is 0 Å². The highest BCUT2D eigenvalue weighted by Gasteiger charge is 2.24. The van der Waals surface area contributed by atoms with Crippen LogP contribution in [0.2, 0.25) is 0 Å². The Morgan fingerprint density at radius 2 is 2.07 bits per heavy atom. The van der Waals surface area contributed by atoms with Crippen LogP contribution in [0.3, 0.4) is 0 Å². The summed E-state index contributed by atoms with van der Waals surface area (Å²) in [6, 6.07) is 7.96. The zero-order valence-electron chi connectivity index (χ0n) is 17.8. The zero-order valence-corrected chi connectivity index (χ0v) is 19.5. The Balaban J connectivity index is 1.57. The van der Waals surface area contributed by atoms with Gasteiger partial charge in [-0.25, -0.2) is 4.98 Å². The number of thioether (sulfide) groups is 1. The Morgan fingerprint density at radius 3 is 2.83 bits per heavy atom. The SMILES string of the molecule is CCC(C)c1ccccc1NC(=O)C(C)Sc1nc2sc3c(c2c(=O)n1C)CCC3. The third-order valence-electron chi connectivity index (χ3n) is 5.92. The first kappa shape index (κ1) is 21.1. The van der Waals surface area contributed by atoms with Gasteiger partial charge in [0.05, 0.1) is 10.6 Å². The molecule has 1 aliphatic carbocycles. The van der Waals surface area contributed by atoms with Gasteiger partial charge in [0.25, 0.3) is 5.56 Å². The van der Waals surface area contributed by atoms with Gasteiger partial charge in [0.15, 0.2) is 5.16 Å². The minimum atomic E-state index is -0.377. The van der Waals surface area contributed by atoms with E-state index in [4.69, 9.17) is 4.98 Å². The molecule has 1 amide bonds. The quantitative estimate of drug-likeness (QED) is 0.426. The Kier molecular flexibility index (Phi) is 6.02. The molecule has 1 aliphatic rings. The summed E-state index contributed by atoms with van der Waals surface area (Å²) < 4.78 is 1.59. The topological polar surface area (TPSA) is 64.0 Å². The number of carbonyl (C=O) groups excluding carboxylic acids is 1. The van der Waals surface area contributed by atoms with Crippen molar-refractivity contribution in [3.8, 4) is 0 Å². The van der Waals surface area contributed by atoms with Crippen LogP contribution in [-0.2, 0) is 24.7 Å². The average molecular weight is 442 g/mol. The number of anilines is 1. The lowest BCUT2D eigenvalue weighted by Crippen LogP contribution is -2.26. The highest BCUT2D eigenvalue weighted by molar-refractivity contribution is 8.00. The molecule has 4 rings (SSSR count). The van der Waals surface area contributed by atoms with Crippen molar-refractivity contribution in [2.24, 2.45) is 7.05 Å². The number of amides is 1. The van der Waals surface area contributed by atoms with Gasteiger partial charge in [-0.05, 0) is 55.7 Å². The number of fused-ring (bicyclic) bond motifs is 3. The van der Waals surface area contributed by atoms with Crippen LogP contribution in [-0.4, -0.2) is 20.7 Å². The predicted octanol–water partition coefficient (Wildman–Crippen LogP) is 5.12. The monoisotopic (exact) mass is 441 g/mol. The number of nitrogens with one attached hydrogen (secondary N) is 1. The lowest BCUT2D eigenvalue weighted by Gasteiger charge is -2.18. The summed E-state index contributed by atoms with van der Waals surface area (Å²) in [6.45, 7) is 6.16. The summed E-state index contributed by atoms with van der Waals surface area (Å²) in [4.78, 5) is 32.7. The number of hydrogen-bond donors (Lipinski definition) is 1. The van der Waals surface area contributed by atoms with Crippen LogP contribution in [0.25, 0.3) is 10.2 Å². The summed E-state index contributed by atoms with van der Waals surface area (Å²) >= 11 is 2.96. The summed E-state index contributed by atoms with van der Waals surface area (Å²) in [5.41, 5.74) is 3.19. The first-order valence-electron chi connectivity index (χ1n) is 10.5. The minimum absolute atomic E-state index is 0.00313. The second kappa shape index (κ2) is 8.55. The molecule has 7 heteroatoms. The van der Waals surface area contributed by atoms with E-state index in [1.54, 1.807) is 23.0 Å². The van der Waals surface area contributed by atoms with Gasteiger partial charge in [-0.2, -0.15) is 0 Å².